The lowest BCUT2D eigenvalue weighted by molar-refractivity contribution is 0.115. The van der Waals surface area contributed by atoms with E-state index in [4.69, 9.17) is 34.2 Å². The van der Waals surface area contributed by atoms with Crippen LogP contribution >= 0.6 is 11.6 Å². The van der Waals surface area contributed by atoms with E-state index in [1.165, 1.54) is 21.3 Å². The van der Waals surface area contributed by atoms with Gasteiger partial charge in [-0.05, 0) is 6.42 Å². The molecule has 0 spiro atoms. The van der Waals surface area contributed by atoms with E-state index in [2.05, 4.69) is 5.32 Å². The van der Waals surface area contributed by atoms with Crippen molar-refractivity contribution in [2.75, 3.05) is 39.5 Å². The molecule has 0 saturated heterocycles. The second-order valence-electron chi connectivity index (χ2n) is 4.26. The Kier molecular flexibility index (Phi) is 10.2. The molecule has 1 amide bonds. The van der Waals surface area contributed by atoms with Gasteiger partial charge in [0, 0.05) is 33.9 Å². The van der Waals surface area contributed by atoms with Crippen molar-refractivity contribution in [1.82, 2.24) is 5.32 Å². The molecule has 0 aliphatic rings. The van der Waals surface area contributed by atoms with E-state index in [9.17, 15) is 13.2 Å². The second-order valence-corrected chi connectivity index (χ2v) is 9.15. The number of carbonyl (C=O) groups excluding carboxylic acids is 1. The van der Waals surface area contributed by atoms with Gasteiger partial charge in [0.2, 0.25) is 0 Å². The maximum Gasteiger partial charge on any atom is 0.500 e. The van der Waals surface area contributed by atoms with E-state index < -0.39 is 36.9 Å². The van der Waals surface area contributed by atoms with Crippen molar-refractivity contribution in [2.45, 2.75) is 18.6 Å². The molecule has 132 valence electrons. The van der Waals surface area contributed by atoms with Crippen LogP contribution in [0.1, 0.15) is 6.42 Å². The van der Waals surface area contributed by atoms with Crippen molar-refractivity contribution >= 4 is 36.6 Å². The van der Waals surface area contributed by atoms with E-state index in [0.29, 0.717) is 12.5 Å². The van der Waals surface area contributed by atoms with Gasteiger partial charge in [0.15, 0.2) is 0 Å². The Morgan fingerprint density at radius 3 is 2.23 bits per heavy atom. The van der Waals surface area contributed by atoms with Gasteiger partial charge >= 0.3 is 14.9 Å². The van der Waals surface area contributed by atoms with Crippen molar-refractivity contribution in [2.24, 2.45) is 0 Å². The van der Waals surface area contributed by atoms with E-state index in [1.807, 2.05) is 0 Å². The topological polar surface area (TPSA) is 120 Å². The van der Waals surface area contributed by atoms with Crippen molar-refractivity contribution in [1.29, 1.82) is 0 Å². The normalized spacial score (nSPS) is 13.7. The van der Waals surface area contributed by atoms with E-state index in [1.54, 1.807) is 0 Å². The number of halogens is 1. The molecule has 0 bridgehead atoms. The fourth-order valence-electron chi connectivity index (χ4n) is 1.59. The fourth-order valence-corrected chi connectivity index (χ4v) is 4.27. The first-order chi connectivity index (χ1) is 10.2. The minimum Gasteiger partial charge on any atom is -0.444 e. The molecular formula is C10H22ClNO8SSi. The molecule has 0 saturated carbocycles. The van der Waals surface area contributed by atoms with Gasteiger partial charge in [-0.2, -0.15) is 8.42 Å². The summed E-state index contributed by atoms with van der Waals surface area (Å²) in [7, 11) is -2.49. The molecule has 0 heterocycles. The number of carbonyl (C=O) groups is 1. The van der Waals surface area contributed by atoms with Gasteiger partial charge in [0.05, 0.1) is 5.88 Å². The van der Waals surface area contributed by atoms with Crippen molar-refractivity contribution in [3.05, 3.63) is 0 Å². The summed E-state index contributed by atoms with van der Waals surface area (Å²) in [5.74, 6) is -1.00. The number of alkyl halides is 1. The number of hydrogen-bond acceptors (Lipinski definition) is 7. The van der Waals surface area contributed by atoms with E-state index in [0.717, 1.165) is 0 Å². The van der Waals surface area contributed by atoms with E-state index in [-0.39, 0.29) is 12.4 Å². The summed E-state index contributed by atoms with van der Waals surface area (Å²) < 4.78 is 50.5. The van der Waals surface area contributed by atoms with Crippen molar-refractivity contribution in [3.63, 3.8) is 0 Å². The number of amides is 1. The first kappa shape index (κ1) is 21.6. The molecule has 12 heteroatoms. The molecule has 9 nitrogen and oxygen atoms in total. The number of hydrogen-bond donors (Lipinski definition) is 2. The maximum atomic E-state index is 11.5. The highest BCUT2D eigenvalue weighted by Crippen LogP contribution is 2.14. The van der Waals surface area contributed by atoms with Crippen molar-refractivity contribution < 1.29 is 35.8 Å². The minimum atomic E-state index is -4.27. The van der Waals surface area contributed by atoms with Crippen LogP contribution in [0.2, 0.25) is 6.04 Å². The molecule has 0 aromatic heterocycles. The van der Waals surface area contributed by atoms with Gasteiger partial charge in [-0.1, -0.05) is 0 Å². The average Bonchev–Trinajstić information content (AvgIpc) is 2.46. The largest absolute Gasteiger partial charge is 0.500 e. The van der Waals surface area contributed by atoms with Crippen LogP contribution in [-0.2, 0) is 28.1 Å². The molecule has 0 aliphatic carbocycles. The molecule has 0 rings (SSSR count). The zero-order valence-corrected chi connectivity index (χ0v) is 15.3. The first-order valence-corrected chi connectivity index (χ1v) is 10.4. The maximum absolute atomic E-state index is 11.5. The number of alkyl carbamates (subject to hydrolysis) is 1. The Morgan fingerprint density at radius 2 is 1.82 bits per heavy atom. The molecular weight excluding hydrogens is 358 g/mol. The van der Waals surface area contributed by atoms with E-state index >= 15 is 0 Å². The highest BCUT2D eigenvalue weighted by Gasteiger charge is 2.36. The summed E-state index contributed by atoms with van der Waals surface area (Å²) in [6.07, 6.45) is -1.43. The molecule has 22 heavy (non-hydrogen) atoms. The quantitative estimate of drug-likeness (QED) is 0.230. The number of rotatable bonds is 11. The Labute approximate surface area is 136 Å². The zero-order valence-electron chi connectivity index (χ0n) is 12.7. The first-order valence-electron chi connectivity index (χ1n) is 6.33. The zero-order chi connectivity index (χ0) is 17.2. The Bertz CT molecular complexity index is 422. The predicted octanol–water partition coefficient (Wildman–Crippen LogP) is 0.476. The minimum absolute atomic E-state index is 0.250. The standard InChI is InChI=1S/C10H22ClNO8SSi/c1-17-22(18-2,19-3)6-4-5-12-10(13)20-9(7-11)8-21(14,15)16/h9H,4-8H2,1-3H3,(H,12,13)(H,14,15,16). The van der Waals surface area contributed by atoms with Crippen LogP contribution < -0.4 is 5.32 Å². The average molecular weight is 380 g/mol. The summed E-state index contributed by atoms with van der Waals surface area (Å²) in [5.41, 5.74) is 0. The molecule has 1 atom stereocenters. The van der Waals surface area contributed by atoms with Crippen LogP contribution in [0.25, 0.3) is 0 Å². The van der Waals surface area contributed by atoms with Gasteiger partial charge in [0.1, 0.15) is 11.9 Å². The number of nitrogens with one attached hydrogen (secondary N) is 1. The van der Waals surface area contributed by atoms with Crippen molar-refractivity contribution in [3.8, 4) is 0 Å². The Morgan fingerprint density at radius 1 is 1.27 bits per heavy atom. The highest BCUT2D eigenvalue weighted by molar-refractivity contribution is 7.85. The third-order valence-electron chi connectivity index (χ3n) is 2.70. The highest BCUT2D eigenvalue weighted by atomic mass is 35.5. The van der Waals surface area contributed by atoms with Crippen LogP contribution in [0.4, 0.5) is 4.79 Å². The molecule has 1 unspecified atom stereocenters. The molecule has 2 N–H and O–H groups in total. The van der Waals surface area contributed by atoms with Gasteiger partial charge in [-0.15, -0.1) is 11.6 Å². The SMILES string of the molecule is CO[Si](CCCNC(=O)OC(CCl)CS(=O)(=O)O)(OC)OC. The van der Waals surface area contributed by atoms with Crippen LogP contribution in [-0.4, -0.2) is 73.5 Å². The van der Waals surface area contributed by atoms with Gasteiger partial charge in [-0.25, -0.2) is 4.79 Å². The predicted molar refractivity (Wildman–Crippen MR) is 81.6 cm³/mol. The summed E-state index contributed by atoms with van der Waals surface area (Å²) in [6, 6.07) is 0.487. The molecule has 0 radical (unpaired) electrons. The third kappa shape index (κ3) is 8.88. The van der Waals surface area contributed by atoms with Gasteiger partial charge in [-0.3, -0.25) is 4.55 Å². The molecule has 0 aromatic carbocycles. The second kappa shape index (κ2) is 10.4. The Balaban J connectivity index is 4.13. The summed E-state index contributed by atoms with van der Waals surface area (Å²) >= 11 is 5.47. The summed E-state index contributed by atoms with van der Waals surface area (Å²) in [5, 5.41) is 2.44. The van der Waals surface area contributed by atoms with Crippen LogP contribution in [0.5, 0.6) is 0 Å². The summed E-state index contributed by atoms with van der Waals surface area (Å²) in [6.45, 7) is 0.255. The lowest BCUT2D eigenvalue weighted by atomic mass is 10.5. The third-order valence-corrected chi connectivity index (χ3v) is 6.67. The number of ether oxygens (including phenoxy) is 1. The summed E-state index contributed by atoms with van der Waals surface area (Å²) in [4.78, 5) is 11.5. The van der Waals surface area contributed by atoms with Gasteiger partial charge in [0.25, 0.3) is 10.1 Å². The van der Waals surface area contributed by atoms with Gasteiger partial charge < -0.3 is 23.3 Å². The van der Waals surface area contributed by atoms with Crippen LogP contribution in [0, 0.1) is 0 Å². The van der Waals surface area contributed by atoms with Crippen LogP contribution in [0.3, 0.4) is 0 Å². The molecule has 0 aliphatic heterocycles. The molecule has 0 fully saturated rings. The smallest absolute Gasteiger partial charge is 0.444 e. The molecule has 0 aromatic rings. The fraction of sp³-hybridized carbons (Fsp3) is 0.900. The Hall–Kier alpha value is -0.433. The van der Waals surface area contributed by atoms with Crippen LogP contribution in [0.15, 0.2) is 0 Å². The lowest BCUT2D eigenvalue weighted by Crippen LogP contribution is -2.43. The lowest BCUT2D eigenvalue weighted by Gasteiger charge is -2.24. The monoisotopic (exact) mass is 379 g/mol.